The van der Waals surface area contributed by atoms with Crippen molar-refractivity contribution in [1.29, 1.82) is 0 Å². The Labute approximate surface area is 163 Å². The fraction of sp³-hybridized carbons (Fsp3) is 0.550. The Morgan fingerprint density at radius 1 is 1.33 bits per heavy atom. The first-order valence-electron chi connectivity index (χ1n) is 9.45. The van der Waals surface area contributed by atoms with E-state index in [1.54, 1.807) is 13.8 Å². The van der Waals surface area contributed by atoms with Crippen molar-refractivity contribution < 1.29 is 9.90 Å². The van der Waals surface area contributed by atoms with Gasteiger partial charge in [-0.3, -0.25) is 4.79 Å². The number of aliphatic hydroxyl groups is 1. The Kier molecular flexibility index (Phi) is 4.79. The van der Waals surface area contributed by atoms with Crippen molar-refractivity contribution in [3.63, 3.8) is 0 Å². The number of rotatable bonds is 3. The van der Waals surface area contributed by atoms with E-state index in [0.717, 1.165) is 54.2 Å². The van der Waals surface area contributed by atoms with Gasteiger partial charge in [-0.1, -0.05) is 17.1 Å². The Bertz CT molecular complexity index is 895. The summed E-state index contributed by atoms with van der Waals surface area (Å²) in [5.41, 5.74) is -0.181. The molecule has 0 radical (unpaired) electrons. The van der Waals surface area contributed by atoms with Crippen LogP contribution in [0.15, 0.2) is 18.3 Å². The number of carbonyl (C=O) groups excluding carboxylic acids is 1. The summed E-state index contributed by atoms with van der Waals surface area (Å²) in [6, 6.07) is 4.11. The van der Waals surface area contributed by atoms with Gasteiger partial charge in [-0.05, 0) is 51.7 Å². The van der Waals surface area contributed by atoms with Crippen LogP contribution in [0.25, 0.3) is 10.6 Å². The van der Waals surface area contributed by atoms with Gasteiger partial charge in [0.2, 0.25) is 5.91 Å². The Morgan fingerprint density at radius 3 is 2.89 bits per heavy atom. The first-order chi connectivity index (χ1) is 12.9. The number of hydrogen-bond donors (Lipinski definition) is 1. The maximum atomic E-state index is 12.4. The number of thiophene rings is 1. The zero-order chi connectivity index (χ0) is 19.0. The van der Waals surface area contributed by atoms with Gasteiger partial charge < -0.3 is 10.0 Å². The second-order valence-electron chi connectivity index (χ2n) is 7.91. The fourth-order valence-electron chi connectivity index (χ4n) is 3.28. The highest BCUT2D eigenvalue weighted by molar-refractivity contribution is 7.16. The molecule has 1 aliphatic heterocycles. The van der Waals surface area contributed by atoms with E-state index in [1.807, 2.05) is 27.9 Å². The molecule has 2 aromatic rings. The van der Waals surface area contributed by atoms with Crippen molar-refractivity contribution in [2.45, 2.75) is 51.2 Å². The average Bonchev–Trinajstić information content (AvgIpc) is 3.18. The highest BCUT2D eigenvalue weighted by atomic mass is 32.1. The summed E-state index contributed by atoms with van der Waals surface area (Å²) in [7, 11) is 0. The number of hydrogen-bond acceptors (Lipinski definition) is 5. The summed E-state index contributed by atoms with van der Waals surface area (Å²) in [4.78, 5) is 16.2. The second-order valence-corrected chi connectivity index (χ2v) is 9.00. The molecule has 3 heterocycles. The maximum Gasteiger partial charge on any atom is 0.225 e. The van der Waals surface area contributed by atoms with Crippen LogP contribution in [0.5, 0.6) is 0 Å². The third-order valence-corrected chi connectivity index (χ3v) is 5.89. The van der Waals surface area contributed by atoms with Crippen LogP contribution in [0.1, 0.15) is 50.4 Å². The summed E-state index contributed by atoms with van der Waals surface area (Å²) < 4.78 is 1.91. The monoisotopic (exact) mass is 384 g/mol. The molecule has 2 aromatic heterocycles. The maximum absolute atomic E-state index is 12.4. The van der Waals surface area contributed by atoms with Crippen LogP contribution in [0, 0.1) is 17.8 Å². The zero-order valence-electron chi connectivity index (χ0n) is 15.7. The molecule has 1 N–H and O–H groups in total. The largest absolute Gasteiger partial charge is 0.378 e. The first-order valence-corrected chi connectivity index (χ1v) is 10.3. The van der Waals surface area contributed by atoms with Crippen molar-refractivity contribution in [1.82, 2.24) is 19.9 Å². The molecule has 0 spiro atoms. The molecule has 2 aliphatic rings. The van der Waals surface area contributed by atoms with Crippen LogP contribution in [-0.4, -0.2) is 49.6 Å². The molecule has 142 valence electrons. The van der Waals surface area contributed by atoms with Gasteiger partial charge in [0.25, 0.3) is 0 Å². The zero-order valence-corrected chi connectivity index (χ0v) is 16.5. The average molecular weight is 385 g/mol. The summed E-state index contributed by atoms with van der Waals surface area (Å²) in [5, 5.41) is 18.4. The molecular formula is C20H24N4O2S. The van der Waals surface area contributed by atoms with Crippen molar-refractivity contribution in [2.75, 3.05) is 13.1 Å². The van der Waals surface area contributed by atoms with E-state index in [4.69, 9.17) is 0 Å². The predicted molar refractivity (Wildman–Crippen MR) is 104 cm³/mol. The van der Waals surface area contributed by atoms with Crippen LogP contribution in [-0.2, 0) is 4.79 Å². The van der Waals surface area contributed by atoms with Crippen molar-refractivity contribution in [3.05, 3.63) is 23.2 Å². The van der Waals surface area contributed by atoms with E-state index >= 15 is 0 Å². The molecule has 1 atom stereocenters. The van der Waals surface area contributed by atoms with Crippen LogP contribution in [0.4, 0.5) is 0 Å². The molecule has 2 fully saturated rings. The topological polar surface area (TPSA) is 71.2 Å². The van der Waals surface area contributed by atoms with Gasteiger partial charge >= 0.3 is 0 Å². The normalized spacial score (nSPS) is 20.3. The molecule has 6 nitrogen and oxygen atoms in total. The summed E-state index contributed by atoms with van der Waals surface area (Å²) in [6.07, 6.45) is 6.09. The number of carbonyl (C=O) groups is 1. The Balaban J connectivity index is 1.46. The van der Waals surface area contributed by atoms with Gasteiger partial charge in [-0.2, -0.15) is 0 Å². The highest BCUT2D eigenvalue weighted by Gasteiger charge is 2.35. The van der Waals surface area contributed by atoms with E-state index in [0.29, 0.717) is 5.91 Å². The highest BCUT2D eigenvalue weighted by Crippen LogP contribution is 2.33. The molecule has 1 unspecified atom stereocenters. The SMILES string of the molecule is CC(C)(O)C#Cc1ccc(-c2cn(C3CCCN(C(=O)C4CC4)C3)nn2)s1. The Hall–Kier alpha value is -2.17. The van der Waals surface area contributed by atoms with Gasteiger partial charge in [0.15, 0.2) is 0 Å². The minimum absolute atomic E-state index is 0.192. The number of likely N-dealkylation sites (tertiary alicyclic amines) is 1. The van der Waals surface area contributed by atoms with E-state index in [-0.39, 0.29) is 12.0 Å². The van der Waals surface area contributed by atoms with Crippen molar-refractivity contribution >= 4 is 17.2 Å². The molecule has 0 bridgehead atoms. The van der Waals surface area contributed by atoms with Gasteiger partial charge in [0, 0.05) is 19.0 Å². The van der Waals surface area contributed by atoms with Gasteiger partial charge in [0.1, 0.15) is 11.3 Å². The first kappa shape index (κ1) is 18.2. The lowest BCUT2D eigenvalue weighted by molar-refractivity contribution is -0.134. The molecule has 27 heavy (non-hydrogen) atoms. The molecule has 4 rings (SSSR count). The predicted octanol–water partition coefficient (Wildman–Crippen LogP) is 2.70. The van der Waals surface area contributed by atoms with E-state index in [2.05, 4.69) is 22.2 Å². The smallest absolute Gasteiger partial charge is 0.225 e. The van der Waals surface area contributed by atoms with Crippen LogP contribution in [0.3, 0.4) is 0 Å². The number of amides is 1. The molecule has 1 amide bonds. The summed E-state index contributed by atoms with van der Waals surface area (Å²) in [6.45, 7) is 4.93. The number of nitrogens with zero attached hydrogens (tertiary/aromatic N) is 4. The quantitative estimate of drug-likeness (QED) is 0.826. The second kappa shape index (κ2) is 7.10. The van der Waals surface area contributed by atoms with Crippen LogP contribution in [0.2, 0.25) is 0 Å². The molecule has 0 aromatic carbocycles. The van der Waals surface area contributed by atoms with E-state index < -0.39 is 5.60 Å². The van der Waals surface area contributed by atoms with Crippen molar-refractivity contribution in [3.8, 4) is 22.4 Å². The lowest BCUT2D eigenvalue weighted by Crippen LogP contribution is -2.41. The van der Waals surface area contributed by atoms with E-state index in [1.165, 1.54) is 11.3 Å². The molecule has 1 saturated heterocycles. The van der Waals surface area contributed by atoms with Gasteiger partial charge in [-0.25, -0.2) is 4.68 Å². The van der Waals surface area contributed by atoms with E-state index in [9.17, 15) is 9.90 Å². The molecule has 7 heteroatoms. The number of piperidine rings is 1. The minimum Gasteiger partial charge on any atom is -0.378 e. The summed E-state index contributed by atoms with van der Waals surface area (Å²) in [5.74, 6) is 6.41. The summed E-state index contributed by atoms with van der Waals surface area (Å²) >= 11 is 1.54. The third-order valence-electron chi connectivity index (χ3n) is 4.87. The van der Waals surface area contributed by atoms with Crippen molar-refractivity contribution in [2.24, 2.45) is 5.92 Å². The Morgan fingerprint density at radius 2 is 2.15 bits per heavy atom. The fourth-order valence-corrected chi connectivity index (χ4v) is 4.09. The molecule has 1 saturated carbocycles. The molecule has 1 aliphatic carbocycles. The lowest BCUT2D eigenvalue weighted by atomic mass is 10.1. The minimum atomic E-state index is -1.00. The standard InChI is InChI=1S/C20H24N4O2S/c1-20(2,26)10-9-16-7-8-18(27-16)17-13-24(22-21-17)15-4-3-11-23(12-15)19(25)14-5-6-14/h7-8,13-15,26H,3-6,11-12H2,1-2H3. The van der Waals surface area contributed by atoms with Gasteiger partial charge in [0.05, 0.1) is 22.0 Å². The van der Waals surface area contributed by atoms with Crippen LogP contribution < -0.4 is 0 Å². The van der Waals surface area contributed by atoms with Crippen LogP contribution >= 0.6 is 11.3 Å². The lowest BCUT2D eigenvalue weighted by Gasteiger charge is -2.32. The molecular weight excluding hydrogens is 360 g/mol. The number of aromatic nitrogens is 3. The third kappa shape index (κ3) is 4.40. The van der Waals surface area contributed by atoms with Gasteiger partial charge in [-0.15, -0.1) is 16.4 Å².